The molecule has 1 aliphatic carbocycles. The molecule has 2 saturated heterocycles. The molecule has 6 nitrogen and oxygen atoms in total. The van der Waals surface area contributed by atoms with Crippen LogP contribution in [0, 0.1) is 5.41 Å². The van der Waals surface area contributed by atoms with E-state index in [0.717, 1.165) is 18.4 Å². The van der Waals surface area contributed by atoms with Crippen LogP contribution in [0.5, 0.6) is 0 Å². The van der Waals surface area contributed by atoms with Crippen LogP contribution in [-0.4, -0.2) is 42.3 Å². The highest BCUT2D eigenvalue weighted by atomic mass is 16.5. The molecule has 0 spiro atoms. The van der Waals surface area contributed by atoms with Gasteiger partial charge in [0.15, 0.2) is 0 Å². The summed E-state index contributed by atoms with van der Waals surface area (Å²) in [5.41, 5.74) is 0.0128. The number of rotatable bonds is 5. The molecule has 1 amide bonds. The average Bonchev–Trinajstić information content (AvgIpc) is 3.18. The molecule has 1 saturated carbocycles. The van der Waals surface area contributed by atoms with Crippen molar-refractivity contribution in [3.63, 3.8) is 0 Å². The quantitative estimate of drug-likeness (QED) is 0.847. The number of amides is 1. The zero-order valence-corrected chi connectivity index (χ0v) is 14.3. The molecular weight excluding hydrogens is 322 g/mol. The fourth-order valence-corrected chi connectivity index (χ4v) is 4.53. The summed E-state index contributed by atoms with van der Waals surface area (Å²) in [4.78, 5) is 24.0. The van der Waals surface area contributed by atoms with Gasteiger partial charge in [-0.2, -0.15) is 0 Å². The summed E-state index contributed by atoms with van der Waals surface area (Å²) in [7, 11) is 0. The maximum atomic E-state index is 12.7. The smallest absolute Gasteiger partial charge is 0.312 e. The maximum Gasteiger partial charge on any atom is 0.312 e. The molecule has 4 aliphatic rings. The van der Waals surface area contributed by atoms with Crippen molar-refractivity contribution in [1.29, 1.82) is 0 Å². The van der Waals surface area contributed by atoms with Crippen molar-refractivity contribution in [2.75, 3.05) is 19.8 Å². The lowest BCUT2D eigenvalue weighted by molar-refractivity contribution is -0.159. The van der Waals surface area contributed by atoms with Crippen LogP contribution in [0.1, 0.15) is 37.3 Å². The van der Waals surface area contributed by atoms with Gasteiger partial charge in [-0.15, -0.1) is 0 Å². The van der Waals surface area contributed by atoms with E-state index in [1.807, 2.05) is 12.1 Å². The number of nitrogens with one attached hydrogen (secondary N) is 1. The molecular formula is C19H23NO5. The van der Waals surface area contributed by atoms with Crippen molar-refractivity contribution in [3.8, 4) is 0 Å². The Bertz CT molecular complexity index is 724. The van der Waals surface area contributed by atoms with Crippen molar-refractivity contribution >= 4 is 11.9 Å². The summed E-state index contributed by atoms with van der Waals surface area (Å²) in [6.07, 6.45) is 2.15. The molecule has 1 aromatic carbocycles. The second-order valence-electron chi connectivity index (χ2n) is 7.51. The fraction of sp³-hybridized carbons (Fsp3) is 0.579. The van der Waals surface area contributed by atoms with Gasteiger partial charge >= 0.3 is 5.97 Å². The molecule has 3 fully saturated rings. The second-order valence-corrected chi connectivity index (χ2v) is 7.51. The normalized spacial score (nSPS) is 35.6. The molecule has 3 heterocycles. The van der Waals surface area contributed by atoms with E-state index >= 15 is 0 Å². The summed E-state index contributed by atoms with van der Waals surface area (Å²) in [5.74, 6) is -1.09. The number of carboxylic acids is 1. The van der Waals surface area contributed by atoms with Gasteiger partial charge in [-0.1, -0.05) is 31.2 Å². The summed E-state index contributed by atoms with van der Waals surface area (Å²) in [6.45, 7) is 3.17. The van der Waals surface area contributed by atoms with Crippen molar-refractivity contribution < 1.29 is 24.2 Å². The van der Waals surface area contributed by atoms with Gasteiger partial charge in [0.25, 0.3) is 5.91 Å². The number of hydrogen-bond acceptors (Lipinski definition) is 4. The van der Waals surface area contributed by atoms with E-state index in [1.165, 1.54) is 5.56 Å². The monoisotopic (exact) mass is 345 g/mol. The number of ether oxygens (including phenoxy) is 2. The van der Waals surface area contributed by atoms with E-state index in [-0.39, 0.29) is 25.4 Å². The van der Waals surface area contributed by atoms with Crippen LogP contribution in [0.3, 0.4) is 0 Å². The standard InChI is InChI=1S/C19H23NO5/c1-2-18(14-6-4-3-5-13(14)7-8-24-18)11-20-15(21)19-9-17(10-19,12-25-19)16(22)23/h3-6H,2,7-12H2,1H3,(H,20,21)(H,22,23). The molecule has 134 valence electrons. The van der Waals surface area contributed by atoms with Crippen LogP contribution in [0.25, 0.3) is 0 Å². The van der Waals surface area contributed by atoms with Crippen molar-refractivity contribution in [2.45, 2.75) is 43.8 Å². The summed E-state index contributed by atoms with van der Waals surface area (Å²) in [5, 5.41) is 12.3. The van der Waals surface area contributed by atoms with E-state index in [1.54, 1.807) is 0 Å². The molecule has 0 radical (unpaired) electrons. The van der Waals surface area contributed by atoms with Gasteiger partial charge in [-0.3, -0.25) is 9.59 Å². The van der Waals surface area contributed by atoms with Gasteiger partial charge in [0.1, 0.15) is 11.2 Å². The minimum absolute atomic E-state index is 0.119. The van der Waals surface area contributed by atoms with E-state index in [0.29, 0.717) is 13.2 Å². The van der Waals surface area contributed by atoms with Gasteiger partial charge in [0.2, 0.25) is 0 Å². The summed E-state index contributed by atoms with van der Waals surface area (Å²) < 4.78 is 11.7. The van der Waals surface area contributed by atoms with Crippen molar-refractivity contribution in [2.24, 2.45) is 5.41 Å². The number of hydrogen-bond donors (Lipinski definition) is 2. The van der Waals surface area contributed by atoms with Gasteiger partial charge in [0, 0.05) is 12.8 Å². The Morgan fingerprint density at radius 2 is 2.00 bits per heavy atom. The molecule has 5 rings (SSSR count). The van der Waals surface area contributed by atoms with Crippen LogP contribution in [-0.2, 0) is 31.1 Å². The number of carboxylic acid groups (broad SMARTS) is 1. The lowest BCUT2D eigenvalue weighted by Crippen LogP contribution is -2.59. The third kappa shape index (κ3) is 2.31. The average molecular weight is 345 g/mol. The van der Waals surface area contributed by atoms with Crippen LogP contribution in [0.2, 0.25) is 0 Å². The topological polar surface area (TPSA) is 84.9 Å². The highest BCUT2D eigenvalue weighted by Gasteiger charge is 2.70. The molecule has 1 unspecified atom stereocenters. The zero-order chi connectivity index (χ0) is 17.7. The first kappa shape index (κ1) is 16.5. The first-order chi connectivity index (χ1) is 12.0. The SMILES string of the molecule is CCC1(CNC(=O)C23CC(C(=O)O)(CO2)C3)OCCc2ccccc21. The molecule has 3 aliphatic heterocycles. The van der Waals surface area contributed by atoms with Crippen LogP contribution in [0.4, 0.5) is 0 Å². The third-order valence-corrected chi connectivity index (χ3v) is 6.10. The minimum atomic E-state index is -0.971. The van der Waals surface area contributed by atoms with Gasteiger partial charge in [0.05, 0.1) is 25.2 Å². The first-order valence-electron chi connectivity index (χ1n) is 8.83. The third-order valence-electron chi connectivity index (χ3n) is 6.10. The van der Waals surface area contributed by atoms with Crippen LogP contribution < -0.4 is 5.32 Å². The molecule has 25 heavy (non-hydrogen) atoms. The first-order valence-corrected chi connectivity index (χ1v) is 8.83. The summed E-state index contributed by atoms with van der Waals surface area (Å²) >= 11 is 0. The predicted octanol–water partition coefficient (Wildman–Crippen LogP) is 1.61. The number of fused-ring (bicyclic) bond motifs is 2. The Hall–Kier alpha value is -1.92. The van der Waals surface area contributed by atoms with E-state index < -0.39 is 22.6 Å². The molecule has 1 aromatic rings. The highest BCUT2D eigenvalue weighted by molar-refractivity contribution is 5.92. The maximum absolute atomic E-state index is 12.7. The molecule has 1 atom stereocenters. The highest BCUT2D eigenvalue weighted by Crippen LogP contribution is 2.58. The number of carbonyl (C=O) groups is 2. The van der Waals surface area contributed by atoms with Crippen molar-refractivity contribution in [1.82, 2.24) is 5.32 Å². The zero-order valence-electron chi connectivity index (χ0n) is 14.3. The van der Waals surface area contributed by atoms with Crippen molar-refractivity contribution in [3.05, 3.63) is 35.4 Å². The lowest BCUT2D eigenvalue weighted by atomic mass is 9.62. The van der Waals surface area contributed by atoms with E-state index in [4.69, 9.17) is 9.47 Å². The lowest BCUT2D eigenvalue weighted by Gasteiger charge is -2.42. The molecule has 6 heteroatoms. The second kappa shape index (κ2) is 5.54. The Balaban J connectivity index is 1.48. The van der Waals surface area contributed by atoms with E-state index in [2.05, 4.69) is 24.4 Å². The van der Waals surface area contributed by atoms with Gasteiger partial charge in [-0.05, 0) is 24.0 Å². The Morgan fingerprint density at radius 1 is 1.24 bits per heavy atom. The molecule has 0 aromatic heterocycles. The largest absolute Gasteiger partial charge is 0.481 e. The Labute approximate surface area is 146 Å². The molecule has 2 N–H and O–H groups in total. The minimum Gasteiger partial charge on any atom is -0.481 e. The Kier molecular flexibility index (Phi) is 3.67. The Morgan fingerprint density at radius 3 is 2.68 bits per heavy atom. The number of carbonyl (C=O) groups excluding carboxylic acids is 1. The fourth-order valence-electron chi connectivity index (χ4n) is 4.53. The molecule has 2 bridgehead atoms. The van der Waals surface area contributed by atoms with Gasteiger partial charge in [-0.25, -0.2) is 0 Å². The van der Waals surface area contributed by atoms with Crippen LogP contribution in [0.15, 0.2) is 24.3 Å². The number of aliphatic carboxylic acids is 1. The van der Waals surface area contributed by atoms with Crippen LogP contribution >= 0.6 is 0 Å². The number of benzene rings is 1. The summed E-state index contributed by atoms with van der Waals surface area (Å²) in [6, 6.07) is 8.18. The predicted molar refractivity (Wildman–Crippen MR) is 89.1 cm³/mol. The van der Waals surface area contributed by atoms with E-state index in [9.17, 15) is 14.7 Å². The van der Waals surface area contributed by atoms with Gasteiger partial charge < -0.3 is 19.9 Å².